The molecule has 3 aromatic carbocycles. The summed E-state index contributed by atoms with van der Waals surface area (Å²) in [6, 6.07) is 11.9. The van der Waals surface area contributed by atoms with E-state index in [-0.39, 0.29) is 0 Å². The number of benzene rings is 3. The highest BCUT2D eigenvalue weighted by Gasteiger charge is 2.14. The van der Waals surface area contributed by atoms with Crippen molar-refractivity contribution in [2.24, 2.45) is 0 Å². The Morgan fingerprint density at radius 2 is 1.54 bits per heavy atom. The molecule has 0 nitrogen and oxygen atoms in total. The molecule has 3 rings (SSSR count). The molecule has 0 unspecified atom stereocenters. The number of rotatable bonds is 6. The Bertz CT molecular complexity index is 865. The van der Waals surface area contributed by atoms with Gasteiger partial charge in [0.15, 0.2) is 11.6 Å². The molecule has 126 valence electrons. The molecule has 0 radical (unpaired) electrons. The minimum Gasteiger partial charge on any atom is -0.203 e. The molecule has 0 aliphatic carbocycles. The number of hydrogen-bond donors (Lipinski definition) is 0. The van der Waals surface area contributed by atoms with Gasteiger partial charge in [-0.25, -0.2) is 8.78 Å². The molecule has 0 N–H and O–H groups in total. The number of fused-ring (bicyclic) bond motifs is 2. The second kappa shape index (κ2) is 7.29. The lowest BCUT2D eigenvalue weighted by atomic mass is 9.97. The van der Waals surface area contributed by atoms with Crippen LogP contribution in [0.3, 0.4) is 0 Å². The largest absolute Gasteiger partial charge is 0.203 e. The average Bonchev–Trinajstić information content (AvgIpc) is 2.58. The fourth-order valence-corrected chi connectivity index (χ4v) is 3.38. The van der Waals surface area contributed by atoms with E-state index in [4.69, 9.17) is 0 Å². The maximum Gasteiger partial charge on any atom is 0.166 e. The van der Waals surface area contributed by atoms with E-state index in [1.165, 1.54) is 5.56 Å². The Hall–Kier alpha value is -1.96. The van der Waals surface area contributed by atoms with Crippen LogP contribution in [-0.4, -0.2) is 0 Å². The van der Waals surface area contributed by atoms with Gasteiger partial charge in [0.05, 0.1) is 0 Å². The molecule has 0 fully saturated rings. The third-order valence-corrected chi connectivity index (χ3v) is 4.70. The first-order chi connectivity index (χ1) is 11.6. The van der Waals surface area contributed by atoms with Crippen molar-refractivity contribution >= 4 is 21.5 Å². The minimum absolute atomic E-state index is 0.382. The van der Waals surface area contributed by atoms with Crippen molar-refractivity contribution in [3.8, 4) is 0 Å². The van der Waals surface area contributed by atoms with E-state index in [0.29, 0.717) is 17.4 Å². The maximum atomic E-state index is 14.6. The van der Waals surface area contributed by atoms with Crippen LogP contribution in [0, 0.1) is 11.6 Å². The molecule has 0 atom stereocenters. The summed E-state index contributed by atoms with van der Waals surface area (Å²) >= 11 is 0. The highest BCUT2D eigenvalue weighted by molar-refractivity contribution is 5.99. The van der Waals surface area contributed by atoms with Crippen LogP contribution in [0.5, 0.6) is 0 Å². The third-order valence-electron chi connectivity index (χ3n) is 4.70. The van der Waals surface area contributed by atoms with Crippen molar-refractivity contribution in [1.29, 1.82) is 0 Å². The van der Waals surface area contributed by atoms with E-state index in [1.807, 2.05) is 12.1 Å². The number of hydrogen-bond acceptors (Lipinski definition) is 0. The molecular weight excluding hydrogens is 302 g/mol. The number of aryl methyl sites for hydroxylation is 2. The summed E-state index contributed by atoms with van der Waals surface area (Å²) in [7, 11) is 0. The van der Waals surface area contributed by atoms with Crippen molar-refractivity contribution in [2.45, 2.75) is 52.4 Å². The van der Waals surface area contributed by atoms with Gasteiger partial charge in [0, 0.05) is 5.39 Å². The van der Waals surface area contributed by atoms with E-state index in [0.717, 1.165) is 48.3 Å². The first kappa shape index (κ1) is 16.9. The SMILES string of the molecule is CCCCCc1cc2cc3ccc(CCC)cc3cc2c(F)c1F. The highest BCUT2D eigenvalue weighted by atomic mass is 19.2. The van der Waals surface area contributed by atoms with Crippen molar-refractivity contribution in [3.63, 3.8) is 0 Å². The summed E-state index contributed by atoms with van der Waals surface area (Å²) in [5, 5.41) is 3.22. The van der Waals surface area contributed by atoms with Crippen LogP contribution < -0.4 is 0 Å². The van der Waals surface area contributed by atoms with Gasteiger partial charge >= 0.3 is 0 Å². The van der Waals surface area contributed by atoms with Crippen molar-refractivity contribution in [1.82, 2.24) is 0 Å². The van der Waals surface area contributed by atoms with E-state index >= 15 is 0 Å². The van der Waals surface area contributed by atoms with Gasteiger partial charge in [0.25, 0.3) is 0 Å². The highest BCUT2D eigenvalue weighted by Crippen LogP contribution is 2.30. The molecule has 0 bridgehead atoms. The topological polar surface area (TPSA) is 0 Å². The van der Waals surface area contributed by atoms with Crippen LogP contribution in [0.1, 0.15) is 50.7 Å². The summed E-state index contributed by atoms with van der Waals surface area (Å²) < 4.78 is 29.0. The van der Waals surface area contributed by atoms with Gasteiger partial charge in [-0.15, -0.1) is 0 Å². The van der Waals surface area contributed by atoms with Crippen LogP contribution >= 0.6 is 0 Å². The van der Waals surface area contributed by atoms with Crippen LogP contribution in [0.25, 0.3) is 21.5 Å². The summed E-state index contributed by atoms with van der Waals surface area (Å²) in [5.74, 6) is -1.38. The van der Waals surface area contributed by atoms with Crippen molar-refractivity contribution in [3.05, 3.63) is 59.2 Å². The summed E-state index contributed by atoms with van der Waals surface area (Å²) in [4.78, 5) is 0. The Labute approximate surface area is 142 Å². The Kier molecular flexibility index (Phi) is 5.13. The fraction of sp³-hybridized carbons (Fsp3) is 0.364. The first-order valence-electron chi connectivity index (χ1n) is 8.97. The summed E-state index contributed by atoms with van der Waals surface area (Å²) in [5.41, 5.74) is 1.73. The van der Waals surface area contributed by atoms with Gasteiger partial charge in [-0.2, -0.15) is 0 Å². The van der Waals surface area contributed by atoms with Gasteiger partial charge in [0.2, 0.25) is 0 Å². The molecule has 0 aliphatic rings. The van der Waals surface area contributed by atoms with Crippen molar-refractivity contribution < 1.29 is 8.78 Å². The van der Waals surface area contributed by atoms with Gasteiger partial charge in [0.1, 0.15) is 0 Å². The standard InChI is InChI=1S/C22H24F2/c1-3-5-6-8-17-13-19-12-16-10-9-15(7-4-2)11-18(16)14-20(19)22(24)21(17)23/h9-14H,3-8H2,1-2H3. The van der Waals surface area contributed by atoms with Crippen molar-refractivity contribution in [2.75, 3.05) is 0 Å². The maximum absolute atomic E-state index is 14.6. The molecular formula is C22H24F2. The minimum atomic E-state index is -0.707. The first-order valence-corrected chi connectivity index (χ1v) is 8.97. The Morgan fingerprint density at radius 3 is 2.29 bits per heavy atom. The molecule has 0 aromatic heterocycles. The van der Waals surface area contributed by atoms with Gasteiger partial charge in [-0.05, 0) is 64.7 Å². The lowest BCUT2D eigenvalue weighted by molar-refractivity contribution is 0.504. The van der Waals surface area contributed by atoms with Gasteiger partial charge in [-0.3, -0.25) is 0 Å². The zero-order valence-electron chi connectivity index (χ0n) is 14.5. The molecule has 0 saturated carbocycles. The third kappa shape index (κ3) is 3.28. The molecule has 0 aliphatic heterocycles. The normalized spacial score (nSPS) is 11.5. The van der Waals surface area contributed by atoms with Crippen LogP contribution in [0.2, 0.25) is 0 Å². The molecule has 0 amide bonds. The quantitative estimate of drug-likeness (QED) is 0.339. The fourth-order valence-electron chi connectivity index (χ4n) is 3.38. The molecule has 2 heteroatoms. The lowest BCUT2D eigenvalue weighted by Crippen LogP contribution is -1.97. The van der Waals surface area contributed by atoms with E-state index in [1.54, 1.807) is 6.07 Å². The van der Waals surface area contributed by atoms with Gasteiger partial charge in [-0.1, -0.05) is 51.3 Å². The predicted octanol–water partition coefficient (Wildman–Crippen LogP) is 6.96. The Balaban J connectivity index is 2.10. The number of halogens is 2. The molecule has 0 spiro atoms. The second-order valence-corrected chi connectivity index (χ2v) is 6.63. The Morgan fingerprint density at radius 1 is 0.708 bits per heavy atom. The lowest BCUT2D eigenvalue weighted by Gasteiger charge is -2.10. The van der Waals surface area contributed by atoms with E-state index < -0.39 is 11.6 Å². The summed E-state index contributed by atoms with van der Waals surface area (Å²) in [6.45, 7) is 4.25. The van der Waals surface area contributed by atoms with E-state index in [2.05, 4.69) is 32.0 Å². The molecule has 0 saturated heterocycles. The van der Waals surface area contributed by atoms with Crippen LogP contribution in [-0.2, 0) is 12.8 Å². The number of unbranched alkanes of at least 4 members (excludes halogenated alkanes) is 2. The van der Waals surface area contributed by atoms with E-state index in [9.17, 15) is 8.78 Å². The smallest absolute Gasteiger partial charge is 0.166 e. The zero-order chi connectivity index (χ0) is 17.1. The predicted molar refractivity (Wildman–Crippen MR) is 98.6 cm³/mol. The zero-order valence-corrected chi connectivity index (χ0v) is 14.5. The van der Waals surface area contributed by atoms with Crippen LogP contribution in [0.15, 0.2) is 36.4 Å². The molecule has 0 heterocycles. The van der Waals surface area contributed by atoms with Crippen LogP contribution in [0.4, 0.5) is 8.78 Å². The second-order valence-electron chi connectivity index (χ2n) is 6.63. The monoisotopic (exact) mass is 326 g/mol. The molecule has 3 aromatic rings. The summed E-state index contributed by atoms with van der Waals surface area (Å²) in [6.07, 6.45) is 5.68. The average molecular weight is 326 g/mol. The van der Waals surface area contributed by atoms with Gasteiger partial charge < -0.3 is 0 Å². The molecule has 24 heavy (non-hydrogen) atoms.